The standard InChI is InChI=1S/C15H19N3OS2/c1-3-4-9-13(19)16-14-17-18-15(21-14)20-10-12-8-6-5-7-11(12)2/h5-8H,3-4,9-10H2,1-2H3,(H,16,17,19). The zero-order chi connectivity index (χ0) is 15.1. The van der Waals surface area contributed by atoms with Crippen LogP contribution < -0.4 is 5.32 Å². The normalized spacial score (nSPS) is 10.6. The van der Waals surface area contributed by atoms with Crippen LogP contribution in [-0.2, 0) is 10.5 Å². The molecule has 0 fully saturated rings. The maximum atomic E-state index is 11.6. The fourth-order valence-electron chi connectivity index (χ4n) is 1.75. The largest absolute Gasteiger partial charge is 0.301 e. The fraction of sp³-hybridized carbons (Fsp3) is 0.400. The van der Waals surface area contributed by atoms with Crippen LogP contribution in [0.15, 0.2) is 28.6 Å². The number of carbonyl (C=O) groups excluding carboxylic acids is 1. The van der Waals surface area contributed by atoms with Crippen LogP contribution in [0.2, 0.25) is 0 Å². The number of hydrogen-bond donors (Lipinski definition) is 1. The summed E-state index contributed by atoms with van der Waals surface area (Å²) in [5.41, 5.74) is 2.58. The number of aromatic nitrogens is 2. The van der Waals surface area contributed by atoms with Crippen molar-refractivity contribution in [3.05, 3.63) is 35.4 Å². The average molecular weight is 321 g/mol. The van der Waals surface area contributed by atoms with Gasteiger partial charge in [-0.3, -0.25) is 4.79 Å². The first-order chi connectivity index (χ1) is 10.2. The summed E-state index contributed by atoms with van der Waals surface area (Å²) in [5.74, 6) is 0.883. The number of anilines is 1. The first-order valence-corrected chi connectivity index (χ1v) is 8.80. The zero-order valence-corrected chi connectivity index (χ0v) is 13.9. The molecule has 0 radical (unpaired) electrons. The van der Waals surface area contributed by atoms with E-state index in [1.165, 1.54) is 22.5 Å². The van der Waals surface area contributed by atoms with Crippen LogP contribution in [0.25, 0.3) is 0 Å². The molecule has 1 N–H and O–H groups in total. The molecule has 0 aliphatic carbocycles. The van der Waals surface area contributed by atoms with E-state index >= 15 is 0 Å². The summed E-state index contributed by atoms with van der Waals surface area (Å²) >= 11 is 3.08. The third kappa shape index (κ3) is 5.13. The molecule has 0 saturated carbocycles. The van der Waals surface area contributed by atoms with Crippen molar-refractivity contribution >= 4 is 34.1 Å². The number of unbranched alkanes of at least 4 members (excludes halogenated alkanes) is 1. The van der Waals surface area contributed by atoms with Crippen LogP contribution in [0.5, 0.6) is 0 Å². The number of thioether (sulfide) groups is 1. The lowest BCUT2D eigenvalue weighted by Gasteiger charge is -2.02. The highest BCUT2D eigenvalue weighted by atomic mass is 32.2. The first-order valence-electron chi connectivity index (χ1n) is 6.99. The molecule has 0 aliphatic rings. The Balaban J connectivity index is 1.86. The molecule has 0 unspecified atom stereocenters. The lowest BCUT2D eigenvalue weighted by Crippen LogP contribution is -2.10. The lowest BCUT2D eigenvalue weighted by atomic mass is 10.1. The minimum absolute atomic E-state index is 0.0171. The molecular formula is C15H19N3OS2. The van der Waals surface area contributed by atoms with Gasteiger partial charge in [0, 0.05) is 12.2 Å². The number of benzene rings is 1. The second-order valence-electron chi connectivity index (χ2n) is 4.74. The van der Waals surface area contributed by atoms with Crippen molar-refractivity contribution in [3.63, 3.8) is 0 Å². The van der Waals surface area contributed by atoms with Crippen LogP contribution in [0, 0.1) is 6.92 Å². The Bertz CT molecular complexity index is 598. The monoisotopic (exact) mass is 321 g/mol. The van der Waals surface area contributed by atoms with Gasteiger partial charge in [0.25, 0.3) is 0 Å². The SMILES string of the molecule is CCCCC(=O)Nc1nnc(SCc2ccccc2C)s1. The van der Waals surface area contributed by atoms with Crippen LogP contribution in [0.4, 0.5) is 5.13 Å². The average Bonchev–Trinajstić information content (AvgIpc) is 2.92. The van der Waals surface area contributed by atoms with Gasteiger partial charge in [-0.25, -0.2) is 0 Å². The van der Waals surface area contributed by atoms with Gasteiger partial charge < -0.3 is 5.32 Å². The summed E-state index contributed by atoms with van der Waals surface area (Å²) in [4.78, 5) is 11.6. The van der Waals surface area contributed by atoms with Crippen molar-refractivity contribution in [2.24, 2.45) is 0 Å². The summed E-state index contributed by atoms with van der Waals surface area (Å²) < 4.78 is 0.879. The molecule has 21 heavy (non-hydrogen) atoms. The molecular weight excluding hydrogens is 302 g/mol. The molecule has 112 valence electrons. The molecule has 2 rings (SSSR count). The van der Waals surface area contributed by atoms with Gasteiger partial charge in [0.2, 0.25) is 11.0 Å². The highest BCUT2D eigenvalue weighted by Crippen LogP contribution is 2.29. The number of rotatable bonds is 7. The molecule has 1 aromatic carbocycles. The minimum atomic E-state index is 0.0171. The van der Waals surface area contributed by atoms with Crippen LogP contribution >= 0.6 is 23.1 Å². The molecule has 1 heterocycles. The predicted molar refractivity (Wildman–Crippen MR) is 88.8 cm³/mol. The number of carbonyl (C=O) groups is 1. The molecule has 1 amide bonds. The summed E-state index contributed by atoms with van der Waals surface area (Å²) in [7, 11) is 0. The number of aryl methyl sites for hydroxylation is 1. The molecule has 6 heteroatoms. The second kappa shape index (κ2) is 8.14. The summed E-state index contributed by atoms with van der Waals surface area (Å²) in [6.45, 7) is 4.17. The summed E-state index contributed by atoms with van der Waals surface area (Å²) in [5, 5.41) is 11.5. The van der Waals surface area contributed by atoms with E-state index in [1.54, 1.807) is 11.8 Å². The van der Waals surface area contributed by atoms with Crippen LogP contribution in [-0.4, -0.2) is 16.1 Å². The van der Waals surface area contributed by atoms with Crippen molar-refractivity contribution in [1.29, 1.82) is 0 Å². The van der Waals surface area contributed by atoms with E-state index in [9.17, 15) is 4.79 Å². The van der Waals surface area contributed by atoms with Gasteiger partial charge in [-0.15, -0.1) is 10.2 Å². The van der Waals surface area contributed by atoms with Gasteiger partial charge in [0.15, 0.2) is 4.34 Å². The summed E-state index contributed by atoms with van der Waals surface area (Å²) in [6.07, 6.45) is 2.46. The van der Waals surface area contributed by atoms with Crippen LogP contribution in [0.1, 0.15) is 37.3 Å². The van der Waals surface area contributed by atoms with Crippen molar-refractivity contribution in [1.82, 2.24) is 10.2 Å². The van der Waals surface area contributed by atoms with E-state index in [0.29, 0.717) is 11.6 Å². The van der Waals surface area contributed by atoms with E-state index in [4.69, 9.17) is 0 Å². The van der Waals surface area contributed by atoms with Crippen molar-refractivity contribution in [2.75, 3.05) is 5.32 Å². The topological polar surface area (TPSA) is 54.9 Å². The van der Waals surface area contributed by atoms with Gasteiger partial charge in [-0.05, 0) is 24.5 Å². The first kappa shape index (κ1) is 16.0. The molecule has 0 saturated heterocycles. The molecule has 0 bridgehead atoms. The highest BCUT2D eigenvalue weighted by Gasteiger charge is 2.09. The minimum Gasteiger partial charge on any atom is -0.301 e. The number of nitrogens with one attached hydrogen (secondary N) is 1. The van der Waals surface area contributed by atoms with Crippen molar-refractivity contribution < 1.29 is 4.79 Å². The predicted octanol–water partition coefficient (Wildman–Crippen LogP) is 4.27. The maximum absolute atomic E-state index is 11.6. The van der Waals surface area contributed by atoms with Crippen molar-refractivity contribution in [2.45, 2.75) is 43.2 Å². The lowest BCUT2D eigenvalue weighted by molar-refractivity contribution is -0.116. The van der Waals surface area contributed by atoms with Gasteiger partial charge in [0.1, 0.15) is 0 Å². The molecule has 0 spiro atoms. The van der Waals surface area contributed by atoms with Gasteiger partial charge in [-0.2, -0.15) is 0 Å². The number of hydrogen-bond acceptors (Lipinski definition) is 5. The highest BCUT2D eigenvalue weighted by molar-refractivity contribution is 8.00. The van der Waals surface area contributed by atoms with E-state index in [0.717, 1.165) is 22.9 Å². The van der Waals surface area contributed by atoms with E-state index < -0.39 is 0 Å². The Morgan fingerprint density at radius 1 is 1.33 bits per heavy atom. The van der Waals surface area contributed by atoms with Crippen molar-refractivity contribution in [3.8, 4) is 0 Å². The Hall–Kier alpha value is -1.40. The van der Waals surface area contributed by atoms with Gasteiger partial charge >= 0.3 is 0 Å². The molecule has 0 atom stereocenters. The Labute approximate surface area is 133 Å². The van der Waals surface area contributed by atoms with E-state index in [1.807, 2.05) is 12.1 Å². The number of nitrogens with zero attached hydrogens (tertiary/aromatic N) is 2. The Morgan fingerprint density at radius 2 is 2.14 bits per heavy atom. The smallest absolute Gasteiger partial charge is 0.226 e. The third-order valence-corrected chi connectivity index (χ3v) is 5.04. The molecule has 4 nitrogen and oxygen atoms in total. The third-order valence-electron chi connectivity index (χ3n) is 3.02. The fourth-order valence-corrected chi connectivity index (χ4v) is 3.59. The summed E-state index contributed by atoms with van der Waals surface area (Å²) in [6, 6.07) is 8.31. The van der Waals surface area contributed by atoms with E-state index in [-0.39, 0.29) is 5.91 Å². The Morgan fingerprint density at radius 3 is 2.90 bits per heavy atom. The maximum Gasteiger partial charge on any atom is 0.226 e. The molecule has 1 aromatic heterocycles. The molecule has 0 aliphatic heterocycles. The number of amides is 1. The van der Waals surface area contributed by atoms with Gasteiger partial charge in [-0.1, -0.05) is 60.7 Å². The van der Waals surface area contributed by atoms with E-state index in [2.05, 4.69) is 41.5 Å². The van der Waals surface area contributed by atoms with Gasteiger partial charge in [0.05, 0.1) is 0 Å². The van der Waals surface area contributed by atoms with Crippen LogP contribution in [0.3, 0.4) is 0 Å². The Kier molecular flexibility index (Phi) is 6.20. The zero-order valence-electron chi connectivity index (χ0n) is 12.3. The quantitative estimate of drug-likeness (QED) is 0.611. The molecule has 2 aromatic rings. The second-order valence-corrected chi connectivity index (χ2v) is 6.94.